The van der Waals surface area contributed by atoms with Crippen LogP contribution in [0.3, 0.4) is 0 Å². The summed E-state index contributed by atoms with van der Waals surface area (Å²) in [6.07, 6.45) is 3.66. The Balaban J connectivity index is 1.80. The zero-order chi connectivity index (χ0) is 14.9. The van der Waals surface area contributed by atoms with Crippen LogP contribution < -0.4 is 10.1 Å². The van der Waals surface area contributed by atoms with Gasteiger partial charge in [-0.2, -0.15) is 5.26 Å². The van der Waals surface area contributed by atoms with Crippen LogP contribution in [0.25, 0.3) is 0 Å². The molecular weight excluding hydrogens is 262 g/mol. The fourth-order valence-electron chi connectivity index (χ4n) is 2.83. The molecule has 0 aliphatic carbocycles. The van der Waals surface area contributed by atoms with Gasteiger partial charge in [0.2, 0.25) is 0 Å². The van der Waals surface area contributed by atoms with E-state index < -0.39 is 0 Å². The van der Waals surface area contributed by atoms with Gasteiger partial charge in [0.05, 0.1) is 0 Å². The highest BCUT2D eigenvalue weighted by atomic mass is 16.5. The zero-order valence-corrected chi connectivity index (χ0v) is 12.8. The molecule has 0 radical (unpaired) electrons. The second-order valence-electron chi connectivity index (χ2n) is 5.55. The average molecular weight is 287 g/mol. The molecule has 1 fully saturated rings. The normalized spacial score (nSPS) is 16.6. The Labute approximate surface area is 127 Å². The molecule has 1 aromatic rings. The number of nitriles is 1. The van der Waals surface area contributed by atoms with Crippen LogP contribution >= 0.6 is 0 Å². The van der Waals surface area contributed by atoms with Crippen molar-refractivity contribution < 1.29 is 4.74 Å². The van der Waals surface area contributed by atoms with E-state index in [1.165, 1.54) is 38.9 Å². The van der Waals surface area contributed by atoms with Crippen molar-refractivity contribution in [3.8, 4) is 11.8 Å². The lowest BCUT2D eigenvalue weighted by Gasteiger charge is -2.32. The van der Waals surface area contributed by atoms with Gasteiger partial charge in [0.1, 0.15) is 11.8 Å². The number of hydrogen-bond donors (Lipinski definition) is 1. The number of nitrogens with one attached hydrogen (secondary N) is 1. The van der Waals surface area contributed by atoms with E-state index in [1.54, 1.807) is 0 Å². The van der Waals surface area contributed by atoms with Crippen LogP contribution in [0.5, 0.6) is 5.75 Å². The first-order chi connectivity index (χ1) is 10.3. The van der Waals surface area contributed by atoms with Crippen LogP contribution in [0.4, 0.5) is 0 Å². The summed E-state index contributed by atoms with van der Waals surface area (Å²) in [7, 11) is 0. The highest BCUT2D eigenvalue weighted by molar-refractivity contribution is 5.33. The van der Waals surface area contributed by atoms with Crippen LogP contribution in [0, 0.1) is 11.3 Å². The van der Waals surface area contributed by atoms with E-state index in [1.807, 2.05) is 24.3 Å². The van der Waals surface area contributed by atoms with Gasteiger partial charge in [-0.3, -0.25) is 0 Å². The quantitative estimate of drug-likeness (QED) is 0.837. The Morgan fingerprint density at radius 1 is 1.33 bits per heavy atom. The molecule has 1 aliphatic heterocycles. The molecular formula is C17H25N3O. The molecule has 1 N–H and O–H groups in total. The first kappa shape index (κ1) is 15.8. The molecule has 114 valence electrons. The van der Waals surface area contributed by atoms with E-state index in [-0.39, 0.29) is 6.61 Å². The van der Waals surface area contributed by atoms with Crippen molar-refractivity contribution in [1.82, 2.24) is 10.2 Å². The van der Waals surface area contributed by atoms with E-state index in [0.29, 0.717) is 6.04 Å². The second kappa shape index (κ2) is 8.66. The Morgan fingerprint density at radius 2 is 2.10 bits per heavy atom. The van der Waals surface area contributed by atoms with Crippen molar-refractivity contribution in [2.75, 3.05) is 26.2 Å². The molecule has 0 aromatic heterocycles. The minimum Gasteiger partial charge on any atom is -0.478 e. The smallest absolute Gasteiger partial charge is 0.174 e. The maximum absolute atomic E-state index is 8.63. The molecule has 4 heteroatoms. The third-order valence-electron chi connectivity index (χ3n) is 3.97. The molecule has 1 aromatic carbocycles. The van der Waals surface area contributed by atoms with Gasteiger partial charge in [-0.25, -0.2) is 0 Å². The average Bonchev–Trinajstić information content (AvgIpc) is 2.53. The van der Waals surface area contributed by atoms with E-state index in [9.17, 15) is 0 Å². The van der Waals surface area contributed by atoms with Crippen molar-refractivity contribution in [2.45, 2.75) is 38.8 Å². The topological polar surface area (TPSA) is 48.3 Å². The van der Waals surface area contributed by atoms with Crippen LogP contribution in [-0.4, -0.2) is 37.2 Å². The number of likely N-dealkylation sites (tertiary alicyclic amines) is 1. The molecule has 0 atom stereocenters. The maximum atomic E-state index is 8.63. The first-order valence-corrected chi connectivity index (χ1v) is 7.87. The van der Waals surface area contributed by atoms with Gasteiger partial charge in [-0.15, -0.1) is 0 Å². The Kier molecular flexibility index (Phi) is 6.52. The summed E-state index contributed by atoms with van der Waals surface area (Å²) in [6, 6.07) is 10.6. The van der Waals surface area contributed by atoms with Gasteiger partial charge in [0, 0.05) is 18.2 Å². The van der Waals surface area contributed by atoms with Gasteiger partial charge in [-0.05, 0) is 45.0 Å². The van der Waals surface area contributed by atoms with E-state index in [2.05, 4.69) is 23.2 Å². The van der Waals surface area contributed by atoms with Crippen LogP contribution in [0.15, 0.2) is 24.3 Å². The number of para-hydroxylation sites is 1. The van der Waals surface area contributed by atoms with Crippen molar-refractivity contribution in [2.24, 2.45) is 0 Å². The predicted octanol–water partition coefficient (Wildman–Crippen LogP) is 2.55. The molecule has 1 aliphatic rings. The van der Waals surface area contributed by atoms with Crippen molar-refractivity contribution in [3.05, 3.63) is 29.8 Å². The summed E-state index contributed by atoms with van der Waals surface area (Å²) < 4.78 is 5.47. The lowest BCUT2D eigenvalue weighted by atomic mass is 10.0. The zero-order valence-electron chi connectivity index (χ0n) is 12.8. The summed E-state index contributed by atoms with van der Waals surface area (Å²) in [5.41, 5.74) is 1.13. The van der Waals surface area contributed by atoms with Gasteiger partial charge in [-0.1, -0.05) is 25.1 Å². The second-order valence-corrected chi connectivity index (χ2v) is 5.55. The molecule has 0 spiro atoms. The summed E-state index contributed by atoms with van der Waals surface area (Å²) in [5, 5.41) is 12.3. The summed E-state index contributed by atoms with van der Waals surface area (Å²) in [6.45, 7) is 6.75. The predicted molar refractivity (Wildman–Crippen MR) is 84.1 cm³/mol. The molecule has 4 nitrogen and oxygen atoms in total. The minimum atomic E-state index is 0.104. The molecule has 0 bridgehead atoms. The number of hydrogen-bond acceptors (Lipinski definition) is 4. The SMILES string of the molecule is CCCN1CCC(NCc2ccccc2OCC#N)CC1. The molecule has 0 saturated carbocycles. The summed E-state index contributed by atoms with van der Waals surface area (Å²) >= 11 is 0. The fourth-order valence-corrected chi connectivity index (χ4v) is 2.83. The summed E-state index contributed by atoms with van der Waals surface area (Å²) in [4.78, 5) is 2.54. The van der Waals surface area contributed by atoms with Gasteiger partial charge < -0.3 is 15.0 Å². The van der Waals surface area contributed by atoms with Crippen molar-refractivity contribution in [3.63, 3.8) is 0 Å². The lowest BCUT2D eigenvalue weighted by Crippen LogP contribution is -2.42. The lowest BCUT2D eigenvalue weighted by molar-refractivity contribution is 0.197. The largest absolute Gasteiger partial charge is 0.478 e. The minimum absolute atomic E-state index is 0.104. The molecule has 1 saturated heterocycles. The van der Waals surface area contributed by atoms with Gasteiger partial charge >= 0.3 is 0 Å². The third-order valence-corrected chi connectivity index (χ3v) is 3.97. The van der Waals surface area contributed by atoms with Crippen LogP contribution in [0.2, 0.25) is 0 Å². The molecule has 1 heterocycles. The van der Waals surface area contributed by atoms with Crippen LogP contribution in [-0.2, 0) is 6.54 Å². The van der Waals surface area contributed by atoms with Crippen LogP contribution in [0.1, 0.15) is 31.7 Å². The summed E-state index contributed by atoms with van der Waals surface area (Å²) in [5.74, 6) is 0.815. The third kappa shape index (κ3) is 5.04. The Hall–Kier alpha value is -1.57. The number of piperidine rings is 1. The first-order valence-electron chi connectivity index (χ1n) is 7.87. The van der Waals surface area contributed by atoms with E-state index in [0.717, 1.165) is 17.9 Å². The maximum Gasteiger partial charge on any atom is 0.174 e. The number of nitrogens with zero attached hydrogens (tertiary/aromatic N) is 2. The molecule has 0 amide bonds. The molecule has 0 unspecified atom stereocenters. The van der Waals surface area contributed by atoms with E-state index in [4.69, 9.17) is 10.00 Å². The van der Waals surface area contributed by atoms with Gasteiger partial charge in [0.25, 0.3) is 0 Å². The molecule has 21 heavy (non-hydrogen) atoms. The number of benzene rings is 1. The number of ether oxygens (including phenoxy) is 1. The highest BCUT2D eigenvalue weighted by Gasteiger charge is 2.18. The van der Waals surface area contributed by atoms with Crippen molar-refractivity contribution >= 4 is 0 Å². The standard InChI is InChI=1S/C17H25N3O/c1-2-10-20-11-7-16(8-12-20)19-14-15-5-3-4-6-17(15)21-13-9-18/h3-6,16,19H,2,7-8,10-14H2,1H3. The fraction of sp³-hybridized carbons (Fsp3) is 0.588. The molecule has 2 rings (SSSR count). The Morgan fingerprint density at radius 3 is 2.81 bits per heavy atom. The van der Waals surface area contributed by atoms with Gasteiger partial charge in [0.15, 0.2) is 6.61 Å². The van der Waals surface area contributed by atoms with E-state index >= 15 is 0 Å². The highest BCUT2D eigenvalue weighted by Crippen LogP contribution is 2.19. The van der Waals surface area contributed by atoms with Crippen molar-refractivity contribution in [1.29, 1.82) is 5.26 Å². The number of rotatable bonds is 7. The Bertz CT molecular complexity index is 461. The monoisotopic (exact) mass is 287 g/mol.